The van der Waals surface area contributed by atoms with E-state index in [2.05, 4.69) is 18.9 Å². The van der Waals surface area contributed by atoms with Crippen LogP contribution in [-0.2, 0) is 17.9 Å². The second-order valence-corrected chi connectivity index (χ2v) is 7.22. The molecule has 0 bridgehead atoms. The highest BCUT2D eigenvalue weighted by Crippen LogP contribution is 2.22. The number of rotatable bonds is 7. The first-order valence-electron chi connectivity index (χ1n) is 8.71. The van der Waals surface area contributed by atoms with Gasteiger partial charge in [-0.15, -0.1) is 0 Å². The Morgan fingerprint density at radius 2 is 2.15 bits per heavy atom. The maximum atomic E-state index is 13.8. The third-order valence-corrected chi connectivity index (χ3v) is 4.45. The number of aryl methyl sites for hydroxylation is 1. The summed E-state index contributed by atoms with van der Waals surface area (Å²) in [4.78, 5) is 13.9. The molecule has 0 unspecified atom stereocenters. The minimum Gasteiger partial charge on any atom is -0.494 e. The van der Waals surface area contributed by atoms with Gasteiger partial charge < -0.3 is 9.64 Å². The third kappa shape index (κ3) is 5.32. The maximum absolute atomic E-state index is 13.8. The number of halogens is 2. The molecule has 0 radical (unpaired) electrons. The lowest BCUT2D eigenvalue weighted by Gasteiger charge is -2.15. The number of likely N-dealkylation sites (N-methyl/N-ethyl adjacent to an activating group) is 1. The highest BCUT2D eigenvalue weighted by Gasteiger charge is 2.13. The Balaban J connectivity index is 2.08. The maximum Gasteiger partial charge on any atom is 0.246 e. The molecule has 0 aliphatic carbocycles. The molecule has 0 fully saturated rings. The number of benzene rings is 1. The predicted octanol–water partition coefficient (Wildman–Crippen LogP) is 4.32. The number of carbonyl (C=O) groups is 1. The first-order chi connectivity index (χ1) is 12.7. The van der Waals surface area contributed by atoms with Gasteiger partial charge in [0, 0.05) is 31.8 Å². The molecule has 1 amide bonds. The van der Waals surface area contributed by atoms with Crippen molar-refractivity contribution in [1.29, 1.82) is 0 Å². The number of methoxy groups -OCH3 is 1. The lowest BCUT2D eigenvalue weighted by atomic mass is 10.2. The van der Waals surface area contributed by atoms with Gasteiger partial charge in [-0.25, -0.2) is 4.39 Å². The lowest BCUT2D eigenvalue weighted by molar-refractivity contribution is -0.125. The van der Waals surface area contributed by atoms with Gasteiger partial charge in [-0.05, 0) is 36.6 Å². The fourth-order valence-corrected chi connectivity index (χ4v) is 2.97. The molecular weight excluding hydrogens is 369 g/mol. The topological polar surface area (TPSA) is 47.4 Å². The molecule has 7 heteroatoms. The zero-order chi connectivity index (χ0) is 20.1. The Morgan fingerprint density at radius 3 is 2.74 bits per heavy atom. The Morgan fingerprint density at radius 1 is 1.44 bits per heavy atom. The van der Waals surface area contributed by atoms with Crippen LogP contribution in [0.25, 0.3) is 6.08 Å². The van der Waals surface area contributed by atoms with Gasteiger partial charge in [-0.3, -0.25) is 9.48 Å². The van der Waals surface area contributed by atoms with E-state index in [0.29, 0.717) is 23.2 Å². The van der Waals surface area contributed by atoms with E-state index < -0.39 is 5.82 Å². The van der Waals surface area contributed by atoms with E-state index in [1.807, 2.05) is 6.92 Å². The van der Waals surface area contributed by atoms with Crippen LogP contribution in [0.4, 0.5) is 4.39 Å². The molecule has 0 aliphatic rings. The SMILES string of the molecule is COc1ccc(CN(C)C(=O)/C=C/c2c(C)nn(CC(C)C)c2Cl)cc1F. The quantitative estimate of drug-likeness (QED) is 0.658. The van der Waals surface area contributed by atoms with Gasteiger partial charge in [0.1, 0.15) is 5.15 Å². The summed E-state index contributed by atoms with van der Waals surface area (Å²) >= 11 is 6.38. The molecule has 2 rings (SSSR count). The second-order valence-electron chi connectivity index (χ2n) is 6.86. The minimum atomic E-state index is -0.452. The van der Waals surface area contributed by atoms with Crippen LogP contribution >= 0.6 is 11.6 Å². The molecular formula is C20H25ClFN3O2. The van der Waals surface area contributed by atoms with E-state index in [1.54, 1.807) is 29.9 Å². The Bertz CT molecular complexity index is 846. The molecule has 1 heterocycles. The van der Waals surface area contributed by atoms with Crippen molar-refractivity contribution in [3.05, 3.63) is 52.1 Å². The van der Waals surface area contributed by atoms with Crippen LogP contribution in [0.15, 0.2) is 24.3 Å². The normalized spacial score (nSPS) is 11.4. The minimum absolute atomic E-state index is 0.177. The van der Waals surface area contributed by atoms with Crippen LogP contribution in [0.5, 0.6) is 5.75 Å². The molecule has 1 aromatic carbocycles. The third-order valence-electron chi connectivity index (χ3n) is 4.05. The number of ether oxygens (including phenoxy) is 1. The van der Waals surface area contributed by atoms with Crippen LogP contribution in [0.2, 0.25) is 5.15 Å². The molecule has 27 heavy (non-hydrogen) atoms. The second kappa shape index (κ2) is 9.04. The summed E-state index contributed by atoms with van der Waals surface area (Å²) in [6.07, 6.45) is 3.13. The monoisotopic (exact) mass is 393 g/mol. The van der Waals surface area contributed by atoms with Crippen molar-refractivity contribution < 1.29 is 13.9 Å². The average Bonchev–Trinajstić information content (AvgIpc) is 2.85. The molecule has 0 saturated carbocycles. The van der Waals surface area contributed by atoms with Crippen LogP contribution in [-0.4, -0.2) is 34.7 Å². The summed E-state index contributed by atoms with van der Waals surface area (Å²) in [7, 11) is 3.07. The van der Waals surface area contributed by atoms with Crippen LogP contribution in [0.3, 0.4) is 0 Å². The van der Waals surface area contributed by atoms with E-state index >= 15 is 0 Å². The predicted molar refractivity (Wildman–Crippen MR) is 105 cm³/mol. The van der Waals surface area contributed by atoms with Gasteiger partial charge in [0.05, 0.1) is 12.8 Å². The van der Waals surface area contributed by atoms with Crippen molar-refractivity contribution in [2.75, 3.05) is 14.2 Å². The summed E-state index contributed by atoms with van der Waals surface area (Å²) in [6, 6.07) is 4.64. The summed E-state index contributed by atoms with van der Waals surface area (Å²) in [5.41, 5.74) is 2.18. The zero-order valence-corrected chi connectivity index (χ0v) is 17.0. The van der Waals surface area contributed by atoms with E-state index in [9.17, 15) is 9.18 Å². The Hall–Kier alpha value is -2.34. The van der Waals surface area contributed by atoms with Crippen molar-refractivity contribution in [2.45, 2.75) is 33.9 Å². The largest absolute Gasteiger partial charge is 0.494 e. The fourth-order valence-electron chi connectivity index (χ4n) is 2.67. The highest BCUT2D eigenvalue weighted by atomic mass is 35.5. The molecule has 0 aliphatic heterocycles. The molecule has 5 nitrogen and oxygen atoms in total. The smallest absolute Gasteiger partial charge is 0.246 e. The van der Waals surface area contributed by atoms with Crippen molar-refractivity contribution in [3.63, 3.8) is 0 Å². The highest BCUT2D eigenvalue weighted by molar-refractivity contribution is 6.31. The summed E-state index contributed by atoms with van der Waals surface area (Å²) < 4.78 is 20.4. The molecule has 1 aromatic heterocycles. The van der Waals surface area contributed by atoms with E-state index in [0.717, 1.165) is 11.3 Å². The van der Waals surface area contributed by atoms with Gasteiger partial charge in [0.15, 0.2) is 11.6 Å². The Labute approximate surface area is 164 Å². The van der Waals surface area contributed by atoms with Gasteiger partial charge in [0.25, 0.3) is 0 Å². The van der Waals surface area contributed by atoms with Crippen molar-refractivity contribution >= 4 is 23.6 Å². The average molecular weight is 394 g/mol. The van der Waals surface area contributed by atoms with E-state index in [1.165, 1.54) is 24.2 Å². The molecule has 0 spiro atoms. The number of nitrogens with zero attached hydrogens (tertiary/aromatic N) is 3. The van der Waals surface area contributed by atoms with Gasteiger partial charge in [0.2, 0.25) is 5.91 Å². The number of amides is 1. The van der Waals surface area contributed by atoms with Gasteiger partial charge >= 0.3 is 0 Å². The van der Waals surface area contributed by atoms with E-state index in [4.69, 9.17) is 16.3 Å². The molecule has 0 saturated heterocycles. The summed E-state index contributed by atoms with van der Waals surface area (Å²) in [5.74, 6) is -0.0721. The standard InChI is InChI=1S/C20H25ClFN3O2/c1-13(2)11-25-20(21)16(14(3)23-25)7-9-19(26)24(4)12-15-6-8-18(27-5)17(22)10-15/h6-10,13H,11-12H2,1-5H3/b9-7+. The first kappa shape index (κ1) is 21.0. The molecule has 2 aromatic rings. The van der Waals surface area contributed by atoms with E-state index in [-0.39, 0.29) is 18.2 Å². The summed E-state index contributed by atoms with van der Waals surface area (Å²) in [5, 5.41) is 4.94. The lowest BCUT2D eigenvalue weighted by Crippen LogP contribution is -2.24. The molecule has 146 valence electrons. The molecule has 0 N–H and O–H groups in total. The van der Waals surface area contributed by atoms with Crippen molar-refractivity contribution in [1.82, 2.24) is 14.7 Å². The number of aromatic nitrogens is 2. The van der Waals surface area contributed by atoms with Crippen LogP contribution in [0, 0.1) is 18.7 Å². The van der Waals surface area contributed by atoms with Crippen molar-refractivity contribution in [2.24, 2.45) is 5.92 Å². The number of hydrogen-bond donors (Lipinski definition) is 0. The van der Waals surface area contributed by atoms with Crippen molar-refractivity contribution in [3.8, 4) is 5.75 Å². The van der Waals surface area contributed by atoms with Gasteiger partial charge in [-0.2, -0.15) is 5.10 Å². The van der Waals surface area contributed by atoms with Crippen LogP contribution < -0.4 is 4.74 Å². The summed E-state index contributed by atoms with van der Waals surface area (Å²) in [6.45, 7) is 7.02. The Kier molecular flexibility index (Phi) is 7.02. The molecule has 0 atom stereocenters. The van der Waals surface area contributed by atoms with Crippen LogP contribution in [0.1, 0.15) is 30.7 Å². The zero-order valence-electron chi connectivity index (χ0n) is 16.3. The number of carbonyl (C=O) groups excluding carboxylic acids is 1. The first-order valence-corrected chi connectivity index (χ1v) is 9.09. The van der Waals surface area contributed by atoms with Gasteiger partial charge in [-0.1, -0.05) is 31.5 Å². The number of hydrogen-bond acceptors (Lipinski definition) is 3. The fraction of sp³-hybridized carbons (Fsp3) is 0.400.